The van der Waals surface area contributed by atoms with Crippen molar-refractivity contribution >= 4 is 17.3 Å². The first-order valence-electron chi connectivity index (χ1n) is 5.90. The summed E-state index contributed by atoms with van der Waals surface area (Å²) in [6, 6.07) is 11.9. The third-order valence-corrected chi connectivity index (χ3v) is 3.14. The summed E-state index contributed by atoms with van der Waals surface area (Å²) in [5.74, 6) is -0.192. The highest BCUT2D eigenvalue weighted by atomic mass is 35.5. The van der Waals surface area contributed by atoms with Gasteiger partial charge in [-0.25, -0.2) is 4.39 Å². The maximum atomic E-state index is 14.0. The molecule has 0 heterocycles. The lowest BCUT2D eigenvalue weighted by Gasteiger charge is -2.11. The average molecular weight is 291 g/mol. The Bertz CT molecular complexity index is 667. The van der Waals surface area contributed by atoms with Gasteiger partial charge in [-0.3, -0.25) is 0 Å². The van der Waals surface area contributed by atoms with Crippen LogP contribution in [0.4, 0.5) is 10.1 Å². The third-order valence-electron chi connectivity index (χ3n) is 2.83. The number of halogens is 2. The first-order valence-corrected chi connectivity index (χ1v) is 6.28. The van der Waals surface area contributed by atoms with Gasteiger partial charge in [-0.05, 0) is 24.3 Å². The first kappa shape index (κ1) is 14.2. The van der Waals surface area contributed by atoms with E-state index >= 15 is 0 Å². The average Bonchev–Trinajstić information content (AvgIpc) is 2.47. The zero-order valence-corrected chi connectivity index (χ0v) is 11.5. The fourth-order valence-corrected chi connectivity index (χ4v) is 2.02. The second-order valence-electron chi connectivity index (χ2n) is 4.09. The van der Waals surface area contributed by atoms with Crippen molar-refractivity contribution in [3.05, 3.63) is 58.4 Å². The fraction of sp³-hybridized carbons (Fsp3) is 0.133. The summed E-state index contributed by atoms with van der Waals surface area (Å²) in [7, 11) is 1.42. The van der Waals surface area contributed by atoms with Gasteiger partial charge in [0.1, 0.15) is 0 Å². The molecule has 0 aromatic heterocycles. The topological polar surface area (TPSA) is 45.0 Å². The number of benzene rings is 2. The van der Waals surface area contributed by atoms with Gasteiger partial charge < -0.3 is 10.1 Å². The summed E-state index contributed by atoms with van der Waals surface area (Å²) in [5.41, 5.74) is 1.60. The smallest absolute Gasteiger partial charge is 0.170 e. The van der Waals surface area contributed by atoms with Crippen molar-refractivity contribution in [1.82, 2.24) is 0 Å². The van der Waals surface area contributed by atoms with E-state index in [-0.39, 0.29) is 12.3 Å². The molecule has 1 N–H and O–H groups in total. The largest absolute Gasteiger partial charge is 0.494 e. The van der Waals surface area contributed by atoms with E-state index in [2.05, 4.69) is 5.32 Å². The van der Waals surface area contributed by atoms with E-state index < -0.39 is 5.82 Å². The van der Waals surface area contributed by atoms with Gasteiger partial charge >= 0.3 is 0 Å². The zero-order valence-electron chi connectivity index (χ0n) is 10.8. The van der Waals surface area contributed by atoms with E-state index in [1.54, 1.807) is 36.4 Å². The van der Waals surface area contributed by atoms with E-state index in [1.165, 1.54) is 7.11 Å². The van der Waals surface area contributed by atoms with Crippen molar-refractivity contribution in [2.75, 3.05) is 12.4 Å². The van der Waals surface area contributed by atoms with Crippen LogP contribution in [0.5, 0.6) is 5.75 Å². The number of methoxy groups -OCH3 is 1. The molecule has 0 aliphatic heterocycles. The minimum Gasteiger partial charge on any atom is -0.494 e. The molecule has 0 fully saturated rings. The molecule has 102 valence electrons. The number of anilines is 1. The minimum atomic E-state index is -0.396. The molecule has 0 radical (unpaired) electrons. The predicted molar refractivity (Wildman–Crippen MR) is 76.4 cm³/mol. The number of rotatable bonds is 4. The van der Waals surface area contributed by atoms with Crippen LogP contribution in [-0.4, -0.2) is 7.11 Å². The number of nitriles is 1. The Morgan fingerprint density at radius 1 is 1.35 bits per heavy atom. The van der Waals surface area contributed by atoms with Crippen LogP contribution in [0.2, 0.25) is 5.02 Å². The van der Waals surface area contributed by atoms with Crippen molar-refractivity contribution in [3.8, 4) is 11.8 Å². The summed E-state index contributed by atoms with van der Waals surface area (Å²) in [5, 5.41) is 12.2. The molecule has 2 aromatic carbocycles. The lowest BCUT2D eigenvalue weighted by molar-refractivity contribution is 0.384. The zero-order chi connectivity index (χ0) is 14.5. The van der Waals surface area contributed by atoms with Gasteiger partial charge in [0.05, 0.1) is 29.5 Å². The molecular weight excluding hydrogens is 279 g/mol. The Morgan fingerprint density at radius 3 is 2.80 bits per heavy atom. The standard InChI is InChI=1S/C15H12ClFN2O/c1-20-14-4-2-3-11(15(14)17)9-19-13-6-5-10(8-18)7-12(13)16/h2-7,19H,9H2,1H3. The highest BCUT2D eigenvalue weighted by molar-refractivity contribution is 6.33. The van der Waals surface area contributed by atoms with E-state index in [9.17, 15) is 4.39 Å². The molecule has 20 heavy (non-hydrogen) atoms. The molecule has 0 bridgehead atoms. The molecule has 0 unspecified atom stereocenters. The summed E-state index contributed by atoms with van der Waals surface area (Å²) >= 11 is 6.04. The monoisotopic (exact) mass is 290 g/mol. The van der Waals surface area contributed by atoms with E-state index in [1.807, 2.05) is 6.07 Å². The summed E-state index contributed by atoms with van der Waals surface area (Å²) in [6.45, 7) is 0.272. The summed E-state index contributed by atoms with van der Waals surface area (Å²) < 4.78 is 18.9. The van der Waals surface area contributed by atoms with Gasteiger partial charge in [-0.15, -0.1) is 0 Å². The van der Waals surface area contributed by atoms with E-state index in [4.69, 9.17) is 21.6 Å². The van der Waals surface area contributed by atoms with Gasteiger partial charge in [0.15, 0.2) is 11.6 Å². The van der Waals surface area contributed by atoms with Crippen LogP contribution in [0.15, 0.2) is 36.4 Å². The molecular formula is C15H12ClFN2O. The van der Waals surface area contributed by atoms with Crippen LogP contribution in [0.1, 0.15) is 11.1 Å². The molecule has 2 rings (SSSR count). The molecule has 2 aromatic rings. The van der Waals surface area contributed by atoms with Crippen LogP contribution < -0.4 is 10.1 Å². The second-order valence-corrected chi connectivity index (χ2v) is 4.50. The summed E-state index contributed by atoms with van der Waals surface area (Å²) in [6.07, 6.45) is 0. The number of hydrogen-bond acceptors (Lipinski definition) is 3. The molecule has 0 amide bonds. The lowest BCUT2D eigenvalue weighted by atomic mass is 10.2. The van der Waals surface area contributed by atoms with Gasteiger partial charge in [-0.2, -0.15) is 5.26 Å². The molecule has 3 nitrogen and oxygen atoms in total. The van der Waals surface area contributed by atoms with Crippen LogP contribution in [0, 0.1) is 17.1 Å². The van der Waals surface area contributed by atoms with Crippen molar-refractivity contribution in [1.29, 1.82) is 5.26 Å². The maximum Gasteiger partial charge on any atom is 0.170 e. The molecule has 0 saturated heterocycles. The Kier molecular flexibility index (Phi) is 4.44. The number of nitrogens with one attached hydrogen (secondary N) is 1. The van der Waals surface area contributed by atoms with E-state index in [0.29, 0.717) is 21.8 Å². The van der Waals surface area contributed by atoms with Crippen molar-refractivity contribution < 1.29 is 9.13 Å². The number of hydrogen-bond donors (Lipinski definition) is 1. The number of nitrogens with zero attached hydrogens (tertiary/aromatic N) is 1. The Balaban J connectivity index is 2.15. The van der Waals surface area contributed by atoms with Crippen molar-refractivity contribution in [2.45, 2.75) is 6.54 Å². The highest BCUT2D eigenvalue weighted by Crippen LogP contribution is 2.25. The Hall–Kier alpha value is -2.25. The van der Waals surface area contributed by atoms with Crippen molar-refractivity contribution in [3.63, 3.8) is 0 Å². The lowest BCUT2D eigenvalue weighted by Crippen LogP contribution is -2.03. The molecule has 0 saturated carbocycles. The van der Waals surface area contributed by atoms with Gasteiger partial charge in [-0.1, -0.05) is 23.7 Å². The van der Waals surface area contributed by atoms with Crippen LogP contribution in [0.3, 0.4) is 0 Å². The molecule has 5 heteroatoms. The highest BCUT2D eigenvalue weighted by Gasteiger charge is 2.09. The van der Waals surface area contributed by atoms with Crippen molar-refractivity contribution in [2.24, 2.45) is 0 Å². The third kappa shape index (κ3) is 3.01. The molecule has 0 spiro atoms. The minimum absolute atomic E-state index is 0.204. The summed E-state index contributed by atoms with van der Waals surface area (Å²) in [4.78, 5) is 0. The first-order chi connectivity index (χ1) is 9.65. The molecule has 0 aliphatic rings. The molecule has 0 atom stereocenters. The number of ether oxygens (including phenoxy) is 1. The Morgan fingerprint density at radius 2 is 2.15 bits per heavy atom. The van der Waals surface area contributed by atoms with E-state index in [0.717, 1.165) is 0 Å². The van der Waals surface area contributed by atoms with Gasteiger partial charge in [0.2, 0.25) is 0 Å². The second kappa shape index (κ2) is 6.27. The molecule has 0 aliphatic carbocycles. The van der Waals surface area contributed by atoms with Crippen LogP contribution in [0.25, 0.3) is 0 Å². The Labute approximate surface area is 121 Å². The SMILES string of the molecule is COc1cccc(CNc2ccc(C#N)cc2Cl)c1F. The fourth-order valence-electron chi connectivity index (χ4n) is 1.77. The quantitative estimate of drug-likeness (QED) is 0.926. The van der Waals surface area contributed by atoms with Gasteiger partial charge in [0, 0.05) is 12.1 Å². The van der Waals surface area contributed by atoms with Gasteiger partial charge in [0.25, 0.3) is 0 Å². The normalized spacial score (nSPS) is 9.90. The predicted octanol–water partition coefficient (Wildman–Crippen LogP) is 3.97. The van der Waals surface area contributed by atoms with Crippen LogP contribution in [-0.2, 0) is 6.54 Å². The maximum absolute atomic E-state index is 14.0. The van der Waals surface area contributed by atoms with Crippen LogP contribution >= 0.6 is 11.6 Å².